The van der Waals surface area contributed by atoms with Crippen LogP contribution in [0.5, 0.6) is 0 Å². The zero-order chi connectivity index (χ0) is 13.4. The van der Waals surface area contributed by atoms with Crippen molar-refractivity contribution in [1.29, 1.82) is 0 Å². The Bertz CT molecular complexity index is 383. The van der Waals surface area contributed by atoms with E-state index in [1.54, 1.807) is 11.8 Å². The zero-order valence-electron chi connectivity index (χ0n) is 10.4. The lowest BCUT2D eigenvalue weighted by atomic mass is 10.2. The number of aliphatic hydroxyl groups excluding tert-OH is 1. The molecule has 0 aliphatic carbocycles. The van der Waals surface area contributed by atoms with Crippen molar-refractivity contribution in [3.8, 4) is 0 Å². The highest BCUT2D eigenvalue weighted by atomic mass is 35.5. The van der Waals surface area contributed by atoms with Gasteiger partial charge in [0.2, 0.25) is 5.91 Å². The van der Waals surface area contributed by atoms with Gasteiger partial charge in [0, 0.05) is 17.1 Å². The number of thioether (sulfide) groups is 1. The van der Waals surface area contributed by atoms with Gasteiger partial charge in [-0.1, -0.05) is 30.7 Å². The van der Waals surface area contributed by atoms with Crippen LogP contribution in [0.2, 0.25) is 5.02 Å². The van der Waals surface area contributed by atoms with Crippen LogP contribution in [-0.4, -0.2) is 29.4 Å². The second kappa shape index (κ2) is 8.40. The Morgan fingerprint density at radius 2 is 2.22 bits per heavy atom. The molecule has 1 amide bonds. The Morgan fingerprint density at radius 3 is 2.83 bits per heavy atom. The fraction of sp³-hybridized carbons (Fsp3) is 0.462. The molecule has 0 spiro atoms. The minimum atomic E-state index is -0.136. The fourth-order valence-electron chi connectivity index (χ4n) is 1.39. The molecular weight excluding hydrogens is 270 g/mol. The molecule has 5 heteroatoms. The standard InChI is InChI=1S/C13H18ClNO2S/c1-2-10(9-16)15-13(17)7-8-18-12-6-4-3-5-11(12)14/h3-6,10,16H,2,7-9H2,1H3,(H,15,17)/t10-/m0/s1. The molecule has 1 atom stereocenters. The van der Waals surface area contributed by atoms with Crippen LogP contribution in [0, 0.1) is 0 Å². The van der Waals surface area contributed by atoms with E-state index in [4.69, 9.17) is 16.7 Å². The van der Waals surface area contributed by atoms with Gasteiger partial charge in [0.25, 0.3) is 0 Å². The highest BCUT2D eigenvalue weighted by Gasteiger charge is 2.09. The first-order valence-electron chi connectivity index (χ1n) is 5.95. The van der Waals surface area contributed by atoms with E-state index in [1.807, 2.05) is 31.2 Å². The van der Waals surface area contributed by atoms with Crippen molar-refractivity contribution in [2.24, 2.45) is 0 Å². The number of carbonyl (C=O) groups excluding carboxylic acids is 1. The van der Waals surface area contributed by atoms with Gasteiger partial charge in [-0.05, 0) is 18.6 Å². The van der Waals surface area contributed by atoms with Crippen molar-refractivity contribution in [2.75, 3.05) is 12.4 Å². The van der Waals surface area contributed by atoms with Gasteiger partial charge in [0.15, 0.2) is 0 Å². The maximum absolute atomic E-state index is 11.6. The lowest BCUT2D eigenvalue weighted by Crippen LogP contribution is -2.37. The maximum Gasteiger partial charge on any atom is 0.221 e. The summed E-state index contributed by atoms with van der Waals surface area (Å²) in [4.78, 5) is 12.6. The molecular formula is C13H18ClNO2S. The molecule has 18 heavy (non-hydrogen) atoms. The van der Waals surface area contributed by atoms with E-state index in [2.05, 4.69) is 5.32 Å². The Kier molecular flexibility index (Phi) is 7.16. The number of rotatable bonds is 7. The molecule has 0 saturated carbocycles. The highest BCUT2D eigenvalue weighted by Crippen LogP contribution is 2.26. The summed E-state index contributed by atoms with van der Waals surface area (Å²) >= 11 is 7.58. The quantitative estimate of drug-likeness (QED) is 0.758. The molecule has 3 nitrogen and oxygen atoms in total. The van der Waals surface area contributed by atoms with Crippen molar-refractivity contribution < 1.29 is 9.90 Å². The van der Waals surface area contributed by atoms with Crippen LogP contribution in [0.15, 0.2) is 29.2 Å². The number of benzene rings is 1. The molecule has 1 aromatic rings. The molecule has 0 aliphatic rings. The summed E-state index contributed by atoms with van der Waals surface area (Å²) in [5, 5.41) is 12.5. The van der Waals surface area contributed by atoms with Crippen LogP contribution in [0.4, 0.5) is 0 Å². The van der Waals surface area contributed by atoms with Crippen molar-refractivity contribution in [3.63, 3.8) is 0 Å². The zero-order valence-corrected chi connectivity index (χ0v) is 11.9. The van der Waals surface area contributed by atoms with Gasteiger partial charge in [-0.3, -0.25) is 4.79 Å². The lowest BCUT2D eigenvalue weighted by molar-refractivity contribution is -0.121. The van der Waals surface area contributed by atoms with E-state index >= 15 is 0 Å². The number of hydrogen-bond donors (Lipinski definition) is 2. The van der Waals surface area contributed by atoms with Crippen LogP contribution in [-0.2, 0) is 4.79 Å². The molecule has 0 fully saturated rings. The first-order chi connectivity index (χ1) is 8.67. The molecule has 1 aromatic carbocycles. The summed E-state index contributed by atoms with van der Waals surface area (Å²) in [5.74, 6) is 0.646. The van der Waals surface area contributed by atoms with E-state index < -0.39 is 0 Å². The molecule has 0 unspecified atom stereocenters. The summed E-state index contributed by atoms with van der Waals surface area (Å²) in [6.45, 7) is 1.92. The molecule has 0 saturated heterocycles. The second-order valence-electron chi connectivity index (χ2n) is 3.88. The molecule has 0 bridgehead atoms. The van der Waals surface area contributed by atoms with Gasteiger partial charge in [-0.25, -0.2) is 0 Å². The third kappa shape index (κ3) is 5.29. The van der Waals surface area contributed by atoms with E-state index in [0.717, 1.165) is 11.3 Å². The first-order valence-corrected chi connectivity index (χ1v) is 7.31. The van der Waals surface area contributed by atoms with Gasteiger partial charge in [-0.15, -0.1) is 11.8 Å². The minimum absolute atomic E-state index is 0.0140. The number of halogens is 1. The van der Waals surface area contributed by atoms with Gasteiger partial charge >= 0.3 is 0 Å². The van der Waals surface area contributed by atoms with Crippen molar-refractivity contribution >= 4 is 29.3 Å². The van der Waals surface area contributed by atoms with Gasteiger partial charge < -0.3 is 10.4 Å². The van der Waals surface area contributed by atoms with Crippen LogP contribution in [0.3, 0.4) is 0 Å². The second-order valence-corrected chi connectivity index (χ2v) is 5.43. The Labute approximate surface area is 117 Å². The third-order valence-electron chi connectivity index (χ3n) is 2.50. The van der Waals surface area contributed by atoms with Crippen molar-refractivity contribution in [3.05, 3.63) is 29.3 Å². The monoisotopic (exact) mass is 287 g/mol. The average molecular weight is 288 g/mol. The van der Waals surface area contributed by atoms with Crippen LogP contribution in [0.25, 0.3) is 0 Å². The summed E-state index contributed by atoms with van der Waals surface area (Å²) in [6, 6.07) is 7.44. The molecule has 0 aliphatic heterocycles. The summed E-state index contributed by atoms with van der Waals surface area (Å²) in [6.07, 6.45) is 1.16. The van der Waals surface area contributed by atoms with Crippen LogP contribution < -0.4 is 5.32 Å². The van der Waals surface area contributed by atoms with E-state index in [0.29, 0.717) is 17.2 Å². The SMILES string of the molecule is CC[C@@H](CO)NC(=O)CCSc1ccccc1Cl. The van der Waals surface area contributed by atoms with Crippen molar-refractivity contribution in [1.82, 2.24) is 5.32 Å². The summed E-state index contributed by atoms with van der Waals surface area (Å²) < 4.78 is 0. The number of nitrogens with one attached hydrogen (secondary N) is 1. The highest BCUT2D eigenvalue weighted by molar-refractivity contribution is 7.99. The smallest absolute Gasteiger partial charge is 0.221 e. The van der Waals surface area contributed by atoms with Gasteiger partial charge in [0.1, 0.15) is 0 Å². The number of hydrogen-bond acceptors (Lipinski definition) is 3. The minimum Gasteiger partial charge on any atom is -0.394 e. The van der Waals surface area contributed by atoms with Gasteiger partial charge in [-0.2, -0.15) is 0 Å². The largest absolute Gasteiger partial charge is 0.394 e. The first kappa shape index (κ1) is 15.3. The topological polar surface area (TPSA) is 49.3 Å². The number of amides is 1. The summed E-state index contributed by atoms with van der Waals surface area (Å²) in [7, 11) is 0. The Hall–Kier alpha value is -0.710. The molecule has 2 N–H and O–H groups in total. The predicted molar refractivity (Wildman–Crippen MR) is 76.1 cm³/mol. The van der Waals surface area contributed by atoms with Crippen LogP contribution >= 0.6 is 23.4 Å². The fourth-order valence-corrected chi connectivity index (χ4v) is 2.58. The number of aliphatic hydroxyl groups is 1. The summed E-state index contributed by atoms with van der Waals surface area (Å²) in [5.41, 5.74) is 0. The molecule has 1 rings (SSSR count). The lowest BCUT2D eigenvalue weighted by Gasteiger charge is -2.13. The normalized spacial score (nSPS) is 12.2. The molecule has 0 heterocycles. The Balaban J connectivity index is 2.29. The van der Waals surface area contributed by atoms with E-state index in [1.165, 1.54) is 0 Å². The van der Waals surface area contributed by atoms with Crippen molar-refractivity contribution in [2.45, 2.75) is 30.7 Å². The molecule has 0 radical (unpaired) electrons. The third-order valence-corrected chi connectivity index (χ3v) is 4.02. The van der Waals surface area contributed by atoms with E-state index in [-0.39, 0.29) is 18.6 Å². The van der Waals surface area contributed by atoms with Crippen LogP contribution in [0.1, 0.15) is 19.8 Å². The average Bonchev–Trinajstić information content (AvgIpc) is 2.38. The predicted octanol–water partition coefficient (Wildman–Crippen LogP) is 2.71. The molecule has 0 aromatic heterocycles. The number of carbonyl (C=O) groups is 1. The van der Waals surface area contributed by atoms with Gasteiger partial charge in [0.05, 0.1) is 17.7 Å². The molecule has 100 valence electrons. The maximum atomic E-state index is 11.6. The van der Waals surface area contributed by atoms with E-state index in [9.17, 15) is 4.79 Å². The Morgan fingerprint density at radius 1 is 1.50 bits per heavy atom.